The first-order valence-electron chi connectivity index (χ1n) is 11.4. The van der Waals surface area contributed by atoms with Crippen molar-refractivity contribution in [2.45, 2.75) is 19.3 Å². The number of nitrogens with zero attached hydrogens (tertiary/aromatic N) is 7. The molecule has 1 fully saturated rings. The number of aromatic nitrogens is 4. The van der Waals surface area contributed by atoms with Crippen molar-refractivity contribution in [2.24, 2.45) is 11.8 Å². The third-order valence-electron chi connectivity index (χ3n) is 6.82. The molecular weight excluding hydrogens is 448 g/mol. The van der Waals surface area contributed by atoms with E-state index < -0.39 is 0 Å². The van der Waals surface area contributed by atoms with Crippen molar-refractivity contribution < 1.29 is 4.79 Å². The fraction of sp³-hybridized carbons (Fsp3) is 0.375. The Morgan fingerprint density at radius 1 is 1.32 bits per heavy atom. The van der Waals surface area contributed by atoms with Gasteiger partial charge in [0.1, 0.15) is 17.0 Å². The third kappa shape index (κ3) is 3.35. The van der Waals surface area contributed by atoms with Gasteiger partial charge in [0, 0.05) is 44.2 Å². The van der Waals surface area contributed by atoms with Crippen LogP contribution >= 0.6 is 11.3 Å². The molecular formula is C24H24N8OS. The van der Waals surface area contributed by atoms with E-state index in [1.54, 1.807) is 23.9 Å². The Morgan fingerprint density at radius 3 is 2.97 bits per heavy atom. The predicted octanol–water partition coefficient (Wildman–Crippen LogP) is 3.24. The minimum Gasteiger partial charge on any atom is -0.375 e. The third-order valence-corrected chi connectivity index (χ3v) is 7.98. The lowest BCUT2D eigenvalue weighted by Gasteiger charge is -2.38. The van der Waals surface area contributed by atoms with Gasteiger partial charge in [-0.2, -0.15) is 10.4 Å². The van der Waals surface area contributed by atoms with Crippen LogP contribution in [-0.4, -0.2) is 57.6 Å². The monoisotopic (exact) mass is 472 g/mol. The van der Waals surface area contributed by atoms with Crippen molar-refractivity contribution in [3.8, 4) is 6.07 Å². The Balaban J connectivity index is 1.32. The summed E-state index contributed by atoms with van der Waals surface area (Å²) in [5, 5.41) is 18.0. The van der Waals surface area contributed by atoms with E-state index in [0.717, 1.165) is 52.2 Å². The number of amides is 1. The summed E-state index contributed by atoms with van der Waals surface area (Å²) in [5.74, 6) is 0.946. The van der Waals surface area contributed by atoms with E-state index in [2.05, 4.69) is 32.5 Å². The number of aryl methyl sites for hydroxylation is 1. The molecule has 0 spiro atoms. The molecule has 0 saturated carbocycles. The first-order valence-corrected chi connectivity index (χ1v) is 12.2. The van der Waals surface area contributed by atoms with E-state index in [0.29, 0.717) is 13.1 Å². The summed E-state index contributed by atoms with van der Waals surface area (Å²) in [6.45, 7) is 1.14. The fourth-order valence-corrected chi connectivity index (χ4v) is 6.22. The van der Waals surface area contributed by atoms with Crippen LogP contribution in [0.4, 0.5) is 17.2 Å². The molecule has 4 aromatic rings. The van der Waals surface area contributed by atoms with Gasteiger partial charge in [-0.05, 0) is 37.0 Å². The van der Waals surface area contributed by atoms with Crippen molar-refractivity contribution in [1.29, 1.82) is 5.26 Å². The quantitative estimate of drug-likeness (QED) is 0.486. The highest BCUT2D eigenvalue weighted by Crippen LogP contribution is 2.42. The summed E-state index contributed by atoms with van der Waals surface area (Å²) in [5.41, 5.74) is 4.20. The van der Waals surface area contributed by atoms with Gasteiger partial charge in [-0.25, -0.2) is 14.5 Å². The molecule has 0 radical (unpaired) electrons. The number of nitriles is 1. The maximum Gasteiger partial charge on any atom is 0.226 e. The Kier molecular flexibility index (Phi) is 4.88. The van der Waals surface area contributed by atoms with Crippen molar-refractivity contribution in [3.05, 3.63) is 41.3 Å². The van der Waals surface area contributed by atoms with Gasteiger partial charge in [-0.3, -0.25) is 4.79 Å². The van der Waals surface area contributed by atoms with E-state index in [1.807, 2.05) is 40.7 Å². The topological polar surface area (TPSA) is 102 Å². The normalized spacial score (nSPS) is 17.9. The number of nitrogens with one attached hydrogen (secondary N) is 1. The largest absolute Gasteiger partial charge is 0.375 e. The molecule has 2 aliphatic rings. The SMILES string of the molecule is CN(C)c1cn2nccc2cc1Nc1ncnc2sc3c(c12)CC[C@H](C(=O)N1CC(C#N)C1)C3. The highest BCUT2D eigenvalue weighted by molar-refractivity contribution is 7.19. The molecule has 0 bridgehead atoms. The first kappa shape index (κ1) is 20.9. The Labute approximate surface area is 200 Å². The lowest BCUT2D eigenvalue weighted by atomic mass is 9.85. The van der Waals surface area contributed by atoms with Gasteiger partial charge in [0.2, 0.25) is 5.91 Å². The maximum atomic E-state index is 12.9. The van der Waals surface area contributed by atoms with Gasteiger partial charge < -0.3 is 15.1 Å². The van der Waals surface area contributed by atoms with Crippen LogP contribution in [0.2, 0.25) is 0 Å². The fourth-order valence-electron chi connectivity index (χ4n) is 4.95. The smallest absolute Gasteiger partial charge is 0.226 e. The number of fused-ring (bicyclic) bond motifs is 4. The average molecular weight is 473 g/mol. The highest BCUT2D eigenvalue weighted by Gasteiger charge is 2.37. The summed E-state index contributed by atoms with van der Waals surface area (Å²) in [4.78, 5) is 28.1. The number of hydrogen-bond acceptors (Lipinski definition) is 8. The molecule has 172 valence electrons. The van der Waals surface area contributed by atoms with E-state index in [1.165, 1.54) is 10.4 Å². The van der Waals surface area contributed by atoms with E-state index >= 15 is 0 Å². The van der Waals surface area contributed by atoms with Crippen molar-refractivity contribution in [3.63, 3.8) is 0 Å². The number of carbonyl (C=O) groups excluding carboxylic acids is 1. The number of hydrogen-bond donors (Lipinski definition) is 1. The van der Waals surface area contributed by atoms with Crippen LogP contribution in [0.25, 0.3) is 15.7 Å². The van der Waals surface area contributed by atoms with Crippen LogP contribution < -0.4 is 10.2 Å². The Morgan fingerprint density at radius 2 is 2.18 bits per heavy atom. The van der Waals surface area contributed by atoms with E-state index in [9.17, 15) is 4.79 Å². The molecule has 1 saturated heterocycles. The summed E-state index contributed by atoms with van der Waals surface area (Å²) in [7, 11) is 4.01. The second-order valence-corrected chi connectivity index (χ2v) is 10.3. The molecule has 0 unspecified atom stereocenters. The number of carbonyl (C=O) groups is 1. The summed E-state index contributed by atoms with van der Waals surface area (Å²) < 4.78 is 1.86. The second kappa shape index (κ2) is 7.95. The number of thiophene rings is 1. The maximum absolute atomic E-state index is 12.9. The van der Waals surface area contributed by atoms with Gasteiger partial charge in [0.15, 0.2) is 0 Å². The van der Waals surface area contributed by atoms with Gasteiger partial charge in [0.05, 0.1) is 40.5 Å². The van der Waals surface area contributed by atoms with Crippen LogP contribution in [0.1, 0.15) is 16.9 Å². The van der Waals surface area contributed by atoms with Gasteiger partial charge in [0.25, 0.3) is 0 Å². The number of likely N-dealkylation sites (tertiary alicyclic amines) is 1. The highest BCUT2D eigenvalue weighted by atomic mass is 32.1. The van der Waals surface area contributed by atoms with Gasteiger partial charge in [-0.1, -0.05) is 0 Å². The molecule has 4 aromatic heterocycles. The minimum atomic E-state index is -0.0193. The molecule has 9 nitrogen and oxygen atoms in total. The van der Waals surface area contributed by atoms with Crippen LogP contribution in [-0.2, 0) is 17.6 Å². The van der Waals surface area contributed by atoms with Crippen LogP contribution in [0, 0.1) is 23.2 Å². The van der Waals surface area contributed by atoms with Gasteiger partial charge >= 0.3 is 0 Å². The molecule has 1 atom stereocenters. The summed E-state index contributed by atoms with van der Waals surface area (Å²) in [6.07, 6.45) is 7.75. The van der Waals surface area contributed by atoms with E-state index in [4.69, 9.17) is 5.26 Å². The Bertz CT molecular complexity index is 1460. The molecule has 1 amide bonds. The van der Waals surface area contributed by atoms with Crippen molar-refractivity contribution >= 4 is 50.2 Å². The molecule has 1 aliphatic heterocycles. The van der Waals surface area contributed by atoms with E-state index in [-0.39, 0.29) is 17.7 Å². The second-order valence-electron chi connectivity index (χ2n) is 9.21. The van der Waals surface area contributed by atoms with Crippen molar-refractivity contribution in [1.82, 2.24) is 24.5 Å². The zero-order chi connectivity index (χ0) is 23.4. The standard InChI is InChI=1S/C24H24N8OS/c1-30(2)19-12-32-16(5-6-28-32)8-18(19)29-22-21-17-4-3-15(24(33)31-10-14(9-25)11-31)7-20(17)34-23(21)27-13-26-22/h5-6,8,12-15H,3-4,7,10-11H2,1-2H3,(H,26,27,29)/t15-/m0/s1. The minimum absolute atomic E-state index is 0.00910. The molecule has 5 heterocycles. The zero-order valence-electron chi connectivity index (χ0n) is 19.0. The zero-order valence-corrected chi connectivity index (χ0v) is 19.8. The van der Waals surface area contributed by atoms with Crippen LogP contribution in [0.5, 0.6) is 0 Å². The number of pyridine rings is 1. The summed E-state index contributed by atoms with van der Waals surface area (Å²) >= 11 is 1.66. The molecule has 6 rings (SSSR count). The Hall–Kier alpha value is -3.71. The lowest BCUT2D eigenvalue weighted by molar-refractivity contribution is -0.141. The van der Waals surface area contributed by atoms with Crippen molar-refractivity contribution in [2.75, 3.05) is 37.4 Å². The molecule has 34 heavy (non-hydrogen) atoms. The molecule has 1 aliphatic carbocycles. The average Bonchev–Trinajstić information content (AvgIpc) is 3.41. The summed E-state index contributed by atoms with van der Waals surface area (Å²) in [6, 6.07) is 6.29. The van der Waals surface area contributed by atoms with Crippen LogP contribution in [0.15, 0.2) is 30.9 Å². The number of anilines is 3. The molecule has 10 heteroatoms. The predicted molar refractivity (Wildman–Crippen MR) is 131 cm³/mol. The van der Waals surface area contributed by atoms with Crippen LogP contribution in [0.3, 0.4) is 0 Å². The number of rotatable bonds is 4. The van der Waals surface area contributed by atoms with Gasteiger partial charge in [-0.15, -0.1) is 11.3 Å². The lowest BCUT2D eigenvalue weighted by Crippen LogP contribution is -2.52. The first-order chi connectivity index (χ1) is 16.5. The molecule has 0 aromatic carbocycles. The molecule has 1 N–H and O–H groups in total.